The lowest BCUT2D eigenvalue weighted by Gasteiger charge is -2.26. The van der Waals surface area contributed by atoms with E-state index >= 15 is 0 Å². The minimum Gasteiger partial charge on any atom is -0.445 e. The molecule has 0 aromatic carbocycles. The summed E-state index contributed by atoms with van der Waals surface area (Å²) < 4.78 is 43.3. The highest BCUT2D eigenvalue weighted by atomic mass is 32.1. The minimum absolute atomic E-state index is 0.198. The van der Waals surface area contributed by atoms with Crippen molar-refractivity contribution >= 4 is 17.1 Å². The fourth-order valence-corrected chi connectivity index (χ4v) is 2.91. The van der Waals surface area contributed by atoms with Gasteiger partial charge in [-0.2, -0.15) is 18.4 Å². The summed E-state index contributed by atoms with van der Waals surface area (Å²) in [6, 6.07) is 4.89. The number of ketones is 1. The van der Waals surface area contributed by atoms with Gasteiger partial charge in [0.05, 0.1) is 11.5 Å². The molecule has 0 amide bonds. The molecule has 1 aliphatic rings. The van der Waals surface area contributed by atoms with Gasteiger partial charge >= 0.3 is 6.18 Å². The van der Waals surface area contributed by atoms with Crippen LogP contribution in [0, 0.1) is 11.3 Å². The number of nitrogens with two attached hydrogens (primary N) is 1. The molecule has 1 aliphatic heterocycles. The Morgan fingerprint density at radius 2 is 2.19 bits per heavy atom. The highest BCUT2D eigenvalue weighted by Crippen LogP contribution is 2.43. The summed E-state index contributed by atoms with van der Waals surface area (Å²) in [6.45, 7) is 1.22. The monoisotopic (exact) mass is 314 g/mol. The number of thiophene rings is 1. The van der Waals surface area contributed by atoms with Crippen LogP contribution in [0.15, 0.2) is 40.3 Å². The summed E-state index contributed by atoms with van der Waals surface area (Å²) >= 11 is 1.13. The van der Waals surface area contributed by atoms with E-state index < -0.39 is 23.5 Å². The summed E-state index contributed by atoms with van der Waals surface area (Å²) in [6.07, 6.45) is -5.05. The number of hydrogen-bond acceptors (Lipinski definition) is 5. The number of alkyl halides is 3. The smallest absolute Gasteiger partial charge is 0.445 e. The summed E-state index contributed by atoms with van der Waals surface area (Å²) in [5, 5.41) is 10.8. The standard InChI is InChI=1S/C13H9F3N2O2S/c1-6-9(11(19)13(14,15)16)10(8-3-2-4-21-8)7(5-17)12(18)20-6/h2-4,10H,18H2,1H3. The van der Waals surface area contributed by atoms with E-state index in [2.05, 4.69) is 0 Å². The van der Waals surface area contributed by atoms with E-state index in [1.54, 1.807) is 23.6 Å². The molecule has 21 heavy (non-hydrogen) atoms. The first-order valence-corrected chi connectivity index (χ1v) is 6.58. The molecule has 0 aliphatic carbocycles. The van der Waals surface area contributed by atoms with E-state index in [1.807, 2.05) is 0 Å². The summed E-state index contributed by atoms with van der Waals surface area (Å²) in [7, 11) is 0. The van der Waals surface area contributed by atoms with Crippen LogP contribution in [-0.2, 0) is 9.53 Å². The maximum atomic E-state index is 12.8. The lowest BCUT2D eigenvalue weighted by Crippen LogP contribution is -2.32. The fourth-order valence-electron chi connectivity index (χ4n) is 2.07. The molecule has 2 N–H and O–H groups in total. The Hall–Kier alpha value is -2.27. The molecule has 1 atom stereocenters. The third-order valence-electron chi connectivity index (χ3n) is 2.94. The Kier molecular flexibility index (Phi) is 3.78. The maximum Gasteiger partial charge on any atom is 0.454 e. The van der Waals surface area contributed by atoms with Crippen LogP contribution in [0.1, 0.15) is 17.7 Å². The molecular weight excluding hydrogens is 305 g/mol. The first-order chi connectivity index (χ1) is 9.77. The van der Waals surface area contributed by atoms with E-state index in [0.717, 1.165) is 11.3 Å². The van der Waals surface area contributed by atoms with Gasteiger partial charge in [0, 0.05) is 4.88 Å². The highest BCUT2D eigenvalue weighted by Gasteiger charge is 2.47. The Balaban J connectivity index is 2.64. The van der Waals surface area contributed by atoms with Crippen molar-refractivity contribution in [1.29, 1.82) is 5.26 Å². The van der Waals surface area contributed by atoms with Gasteiger partial charge in [0.25, 0.3) is 5.78 Å². The molecule has 0 radical (unpaired) electrons. The lowest BCUT2D eigenvalue weighted by molar-refractivity contribution is -0.167. The summed E-state index contributed by atoms with van der Waals surface area (Å²) in [5.41, 5.74) is 4.76. The van der Waals surface area contributed by atoms with E-state index in [-0.39, 0.29) is 17.2 Å². The number of carbonyl (C=O) groups excluding carboxylic acids is 1. The van der Waals surface area contributed by atoms with Crippen molar-refractivity contribution in [2.45, 2.75) is 19.0 Å². The molecule has 2 heterocycles. The van der Waals surface area contributed by atoms with E-state index in [4.69, 9.17) is 15.7 Å². The van der Waals surface area contributed by atoms with Gasteiger partial charge in [0.15, 0.2) is 0 Å². The lowest BCUT2D eigenvalue weighted by atomic mass is 9.85. The van der Waals surface area contributed by atoms with Crippen molar-refractivity contribution in [2.75, 3.05) is 0 Å². The van der Waals surface area contributed by atoms with Gasteiger partial charge in [-0.1, -0.05) is 6.07 Å². The third kappa shape index (κ3) is 2.64. The second kappa shape index (κ2) is 5.26. The van der Waals surface area contributed by atoms with Crippen LogP contribution >= 0.6 is 11.3 Å². The quantitative estimate of drug-likeness (QED) is 0.910. The Morgan fingerprint density at radius 3 is 2.67 bits per heavy atom. The maximum absolute atomic E-state index is 12.8. The topological polar surface area (TPSA) is 76.1 Å². The molecule has 0 saturated carbocycles. The molecule has 0 bridgehead atoms. The van der Waals surface area contributed by atoms with Gasteiger partial charge in [-0.15, -0.1) is 11.3 Å². The SMILES string of the molecule is CC1=C(C(=O)C(F)(F)F)C(c2cccs2)C(C#N)=C(N)O1. The molecular formula is C13H9F3N2O2S. The van der Waals surface area contributed by atoms with Gasteiger partial charge < -0.3 is 10.5 Å². The number of carbonyl (C=O) groups is 1. The van der Waals surface area contributed by atoms with E-state index in [9.17, 15) is 18.0 Å². The van der Waals surface area contributed by atoms with Gasteiger partial charge in [0.2, 0.25) is 5.88 Å². The second-order valence-corrected chi connectivity index (χ2v) is 5.22. The van der Waals surface area contributed by atoms with Crippen molar-refractivity contribution in [2.24, 2.45) is 5.73 Å². The van der Waals surface area contributed by atoms with Crippen molar-refractivity contribution in [1.82, 2.24) is 0 Å². The number of ether oxygens (including phenoxy) is 1. The molecule has 0 saturated heterocycles. The number of allylic oxidation sites excluding steroid dienone is 3. The number of nitrogens with zero attached hydrogens (tertiary/aromatic N) is 1. The average Bonchev–Trinajstić information content (AvgIpc) is 2.89. The first kappa shape index (κ1) is 15.1. The molecule has 8 heteroatoms. The van der Waals surface area contributed by atoms with Crippen LogP contribution in [0.2, 0.25) is 0 Å². The minimum atomic E-state index is -5.05. The van der Waals surface area contributed by atoms with Gasteiger partial charge in [0.1, 0.15) is 17.4 Å². The molecule has 110 valence electrons. The van der Waals surface area contributed by atoms with Crippen LogP contribution < -0.4 is 5.73 Å². The molecule has 2 rings (SSSR count). The summed E-state index contributed by atoms with van der Waals surface area (Å²) in [5.74, 6) is -3.71. The zero-order valence-electron chi connectivity index (χ0n) is 10.7. The van der Waals surface area contributed by atoms with Gasteiger partial charge in [-0.05, 0) is 18.4 Å². The normalized spacial score (nSPS) is 19.3. The van der Waals surface area contributed by atoms with E-state index in [0.29, 0.717) is 4.88 Å². The van der Waals surface area contributed by atoms with Crippen molar-refractivity contribution in [3.63, 3.8) is 0 Å². The van der Waals surface area contributed by atoms with Crippen molar-refractivity contribution < 1.29 is 22.7 Å². The van der Waals surface area contributed by atoms with Crippen molar-refractivity contribution in [3.8, 4) is 6.07 Å². The zero-order valence-corrected chi connectivity index (χ0v) is 11.5. The number of rotatable bonds is 2. The number of nitriles is 1. The van der Waals surface area contributed by atoms with Crippen LogP contribution in [0.4, 0.5) is 13.2 Å². The fraction of sp³-hybridized carbons (Fsp3) is 0.231. The van der Waals surface area contributed by atoms with E-state index in [1.165, 1.54) is 6.92 Å². The molecule has 1 unspecified atom stereocenters. The van der Waals surface area contributed by atoms with Crippen LogP contribution in [0.25, 0.3) is 0 Å². The molecule has 0 spiro atoms. The Morgan fingerprint density at radius 1 is 1.52 bits per heavy atom. The third-order valence-corrected chi connectivity index (χ3v) is 3.87. The largest absolute Gasteiger partial charge is 0.454 e. The Labute approximate surface area is 121 Å². The van der Waals surface area contributed by atoms with Gasteiger partial charge in [-0.25, -0.2) is 0 Å². The first-order valence-electron chi connectivity index (χ1n) is 5.70. The van der Waals surface area contributed by atoms with Crippen molar-refractivity contribution in [3.05, 3.63) is 45.2 Å². The Bertz CT molecular complexity index is 681. The molecule has 4 nitrogen and oxygen atoms in total. The number of Topliss-reactive ketones (excluding diaryl/α,β-unsaturated/α-hetero) is 1. The highest BCUT2D eigenvalue weighted by molar-refractivity contribution is 7.10. The predicted molar refractivity (Wildman–Crippen MR) is 68.7 cm³/mol. The van der Waals surface area contributed by atoms with Crippen LogP contribution in [-0.4, -0.2) is 12.0 Å². The van der Waals surface area contributed by atoms with Crippen LogP contribution in [0.5, 0.6) is 0 Å². The number of hydrogen-bond donors (Lipinski definition) is 1. The number of halogens is 3. The van der Waals surface area contributed by atoms with Gasteiger partial charge in [-0.3, -0.25) is 4.79 Å². The second-order valence-electron chi connectivity index (χ2n) is 4.24. The molecule has 1 aromatic heterocycles. The molecule has 1 aromatic rings. The average molecular weight is 314 g/mol. The summed E-state index contributed by atoms with van der Waals surface area (Å²) in [4.78, 5) is 12.1. The molecule has 0 fully saturated rings. The van der Waals surface area contributed by atoms with Crippen LogP contribution in [0.3, 0.4) is 0 Å². The zero-order chi connectivity index (χ0) is 15.8. The predicted octanol–water partition coefficient (Wildman–Crippen LogP) is 2.96.